The third kappa shape index (κ3) is 4.45. The van der Waals surface area contributed by atoms with Gasteiger partial charge in [0.25, 0.3) is 0 Å². The highest BCUT2D eigenvalue weighted by molar-refractivity contribution is 9.11. The molecule has 1 aromatic carbocycles. The van der Waals surface area contributed by atoms with Crippen LogP contribution in [0.15, 0.2) is 31.4 Å². The van der Waals surface area contributed by atoms with Gasteiger partial charge in [-0.05, 0) is 19.1 Å². The average molecular weight is 452 g/mol. The van der Waals surface area contributed by atoms with Crippen LogP contribution in [0.2, 0.25) is 0 Å². The molecule has 0 aliphatic carbocycles. The monoisotopic (exact) mass is 450 g/mol. The maximum absolute atomic E-state index is 11.5. The van der Waals surface area contributed by atoms with Gasteiger partial charge in [0.15, 0.2) is 5.13 Å². The van der Waals surface area contributed by atoms with Gasteiger partial charge in [-0.3, -0.25) is 4.79 Å². The summed E-state index contributed by atoms with van der Waals surface area (Å²) in [7, 11) is 0. The first-order valence-corrected chi connectivity index (χ1v) is 9.40. The van der Waals surface area contributed by atoms with Crippen molar-refractivity contribution in [2.45, 2.75) is 11.1 Å². The van der Waals surface area contributed by atoms with Crippen LogP contribution in [0.4, 0.5) is 5.13 Å². The first-order chi connectivity index (χ1) is 10.0. The molecular formula is C13H12Br2N2O2S2. The van der Waals surface area contributed by atoms with Crippen molar-refractivity contribution in [2.75, 3.05) is 18.1 Å². The van der Waals surface area contributed by atoms with Gasteiger partial charge in [0.2, 0.25) is 0 Å². The highest BCUT2D eigenvalue weighted by atomic mass is 79.9. The van der Waals surface area contributed by atoms with Crippen LogP contribution in [0.3, 0.4) is 0 Å². The number of aromatic nitrogens is 1. The molecule has 8 heteroatoms. The van der Waals surface area contributed by atoms with E-state index in [1.165, 1.54) is 23.1 Å². The number of halogens is 2. The van der Waals surface area contributed by atoms with Crippen molar-refractivity contribution < 1.29 is 9.53 Å². The molecule has 112 valence electrons. The first-order valence-electron chi connectivity index (χ1n) is 6.01. The van der Waals surface area contributed by atoms with E-state index in [0.29, 0.717) is 11.7 Å². The van der Waals surface area contributed by atoms with Crippen LogP contribution in [0, 0.1) is 0 Å². The summed E-state index contributed by atoms with van der Waals surface area (Å²) >= 11 is 9.71. The molecule has 1 heterocycles. The Morgan fingerprint density at radius 1 is 1.48 bits per heavy atom. The van der Waals surface area contributed by atoms with Gasteiger partial charge in [-0.15, -0.1) is 11.8 Å². The summed E-state index contributed by atoms with van der Waals surface area (Å²) in [6.07, 6.45) is 0. The van der Waals surface area contributed by atoms with Crippen molar-refractivity contribution in [3.8, 4) is 11.3 Å². The van der Waals surface area contributed by atoms with Gasteiger partial charge < -0.3 is 10.5 Å². The molecule has 2 aromatic rings. The van der Waals surface area contributed by atoms with Crippen LogP contribution in [0.1, 0.15) is 6.92 Å². The lowest BCUT2D eigenvalue weighted by Gasteiger charge is -2.05. The molecule has 4 nitrogen and oxygen atoms in total. The number of rotatable bonds is 5. The second-order valence-corrected chi connectivity index (χ2v) is 7.95. The standard InChI is InChI=1S/C13H12Br2N2O2S2/c1-2-19-10(18)6-20-12-11(17-13(16)21-12)8-4-3-7(14)5-9(8)15/h3-5H,2,6H2,1H3,(H2,16,17). The van der Waals surface area contributed by atoms with E-state index in [9.17, 15) is 4.79 Å². The van der Waals surface area contributed by atoms with Crippen LogP contribution in [0.25, 0.3) is 11.3 Å². The molecule has 0 unspecified atom stereocenters. The van der Waals surface area contributed by atoms with Gasteiger partial charge in [-0.25, -0.2) is 4.98 Å². The van der Waals surface area contributed by atoms with Crippen LogP contribution < -0.4 is 5.73 Å². The van der Waals surface area contributed by atoms with E-state index in [4.69, 9.17) is 10.5 Å². The summed E-state index contributed by atoms with van der Waals surface area (Å²) < 4.78 is 7.73. The quantitative estimate of drug-likeness (QED) is 0.532. The summed E-state index contributed by atoms with van der Waals surface area (Å²) in [6, 6.07) is 5.84. The van der Waals surface area contributed by atoms with Gasteiger partial charge in [0.05, 0.1) is 22.3 Å². The van der Waals surface area contributed by atoms with Crippen LogP contribution >= 0.6 is 55.0 Å². The largest absolute Gasteiger partial charge is 0.465 e. The van der Waals surface area contributed by atoms with Crippen molar-refractivity contribution in [3.05, 3.63) is 27.1 Å². The Balaban J connectivity index is 2.26. The Morgan fingerprint density at radius 2 is 2.24 bits per heavy atom. The van der Waals surface area contributed by atoms with Gasteiger partial charge in [-0.2, -0.15) is 0 Å². The number of hydrogen-bond donors (Lipinski definition) is 1. The molecule has 2 N–H and O–H groups in total. The molecule has 0 aliphatic heterocycles. The maximum atomic E-state index is 11.5. The van der Waals surface area contributed by atoms with Crippen LogP contribution in [0.5, 0.6) is 0 Å². The highest BCUT2D eigenvalue weighted by Gasteiger charge is 2.16. The average Bonchev–Trinajstić information content (AvgIpc) is 2.78. The lowest BCUT2D eigenvalue weighted by Crippen LogP contribution is -2.06. The number of thiazole rings is 1. The van der Waals surface area contributed by atoms with Crippen molar-refractivity contribution in [1.29, 1.82) is 0 Å². The second kappa shape index (κ2) is 7.62. The van der Waals surface area contributed by atoms with E-state index in [1.54, 1.807) is 6.92 Å². The Bertz CT molecular complexity index is 662. The molecule has 0 amide bonds. The topological polar surface area (TPSA) is 65.2 Å². The molecular weight excluding hydrogens is 440 g/mol. The molecule has 1 aromatic heterocycles. The van der Waals surface area contributed by atoms with Crippen molar-refractivity contribution >= 4 is 66.1 Å². The molecule has 0 spiro atoms. The summed E-state index contributed by atoms with van der Waals surface area (Å²) in [5.74, 6) is 0.00618. The number of hydrogen-bond acceptors (Lipinski definition) is 6. The Labute approximate surface area is 147 Å². The molecule has 0 atom stereocenters. The van der Waals surface area contributed by atoms with Gasteiger partial charge >= 0.3 is 5.97 Å². The number of carbonyl (C=O) groups excluding carboxylic acids is 1. The first kappa shape index (κ1) is 16.8. The predicted molar refractivity (Wildman–Crippen MR) is 94.7 cm³/mol. The van der Waals surface area contributed by atoms with Gasteiger partial charge in [0, 0.05) is 14.5 Å². The van der Waals surface area contributed by atoms with Crippen molar-refractivity contribution in [3.63, 3.8) is 0 Å². The van der Waals surface area contributed by atoms with E-state index >= 15 is 0 Å². The fraction of sp³-hybridized carbons (Fsp3) is 0.231. The lowest BCUT2D eigenvalue weighted by atomic mass is 10.2. The maximum Gasteiger partial charge on any atom is 0.316 e. The number of nitrogen functional groups attached to an aromatic ring is 1. The molecule has 0 saturated carbocycles. The highest BCUT2D eigenvalue weighted by Crippen LogP contribution is 2.40. The number of nitrogens with zero attached hydrogens (tertiary/aromatic N) is 1. The normalized spacial score (nSPS) is 10.6. The second-order valence-electron chi connectivity index (χ2n) is 3.91. The smallest absolute Gasteiger partial charge is 0.316 e. The number of anilines is 1. The minimum Gasteiger partial charge on any atom is -0.465 e. The summed E-state index contributed by atoms with van der Waals surface area (Å²) in [5.41, 5.74) is 7.54. The third-order valence-corrected chi connectivity index (χ3v) is 5.69. The Hall–Kier alpha value is -0.570. The minimum absolute atomic E-state index is 0.240. The van der Waals surface area contributed by atoms with Crippen LogP contribution in [-0.2, 0) is 9.53 Å². The fourth-order valence-corrected chi connectivity index (χ4v) is 4.71. The van der Waals surface area contributed by atoms with Crippen molar-refractivity contribution in [1.82, 2.24) is 4.98 Å². The SMILES string of the molecule is CCOC(=O)CSc1sc(N)nc1-c1ccc(Br)cc1Br. The van der Waals surface area contributed by atoms with Crippen molar-refractivity contribution in [2.24, 2.45) is 0 Å². The predicted octanol–water partition coefficient (Wildman–Crippen LogP) is 4.57. The van der Waals surface area contributed by atoms with E-state index in [-0.39, 0.29) is 11.7 Å². The summed E-state index contributed by atoms with van der Waals surface area (Å²) in [4.78, 5) is 15.9. The minimum atomic E-state index is -0.240. The molecule has 21 heavy (non-hydrogen) atoms. The number of carbonyl (C=O) groups is 1. The van der Waals surface area contributed by atoms with E-state index in [0.717, 1.165) is 24.4 Å². The fourth-order valence-electron chi connectivity index (χ4n) is 1.60. The van der Waals surface area contributed by atoms with E-state index in [2.05, 4.69) is 36.8 Å². The molecule has 0 radical (unpaired) electrons. The number of esters is 1. The molecule has 0 fully saturated rings. The zero-order valence-corrected chi connectivity index (χ0v) is 15.9. The number of benzene rings is 1. The van der Waals surface area contributed by atoms with E-state index in [1.807, 2.05) is 18.2 Å². The van der Waals surface area contributed by atoms with Gasteiger partial charge in [0.1, 0.15) is 0 Å². The zero-order valence-electron chi connectivity index (χ0n) is 11.1. The number of nitrogens with two attached hydrogens (primary N) is 1. The molecule has 0 bridgehead atoms. The molecule has 0 saturated heterocycles. The Kier molecular flexibility index (Phi) is 6.09. The third-order valence-electron chi connectivity index (χ3n) is 2.43. The zero-order chi connectivity index (χ0) is 15.4. The number of thioether (sulfide) groups is 1. The molecule has 0 aliphatic rings. The van der Waals surface area contributed by atoms with Gasteiger partial charge in [-0.1, -0.05) is 49.3 Å². The summed E-state index contributed by atoms with van der Waals surface area (Å²) in [6.45, 7) is 2.17. The lowest BCUT2D eigenvalue weighted by molar-refractivity contribution is -0.139. The molecule has 2 rings (SSSR count). The summed E-state index contributed by atoms with van der Waals surface area (Å²) in [5, 5.41) is 0.478. The van der Waals surface area contributed by atoms with Crippen LogP contribution in [-0.4, -0.2) is 23.3 Å². The van der Waals surface area contributed by atoms with E-state index < -0.39 is 0 Å². The Morgan fingerprint density at radius 3 is 2.90 bits per heavy atom. The number of ether oxygens (including phenoxy) is 1.